The van der Waals surface area contributed by atoms with Crippen molar-refractivity contribution < 1.29 is 27.4 Å². The molecule has 0 aliphatic carbocycles. The van der Waals surface area contributed by atoms with Crippen LogP contribution in [0.4, 0.5) is 9.18 Å². The van der Waals surface area contributed by atoms with Gasteiger partial charge in [-0.15, -0.1) is 0 Å². The third-order valence-corrected chi connectivity index (χ3v) is 3.17. The van der Waals surface area contributed by atoms with Gasteiger partial charge in [-0.05, 0) is 18.2 Å². The van der Waals surface area contributed by atoms with Crippen molar-refractivity contribution in [1.82, 2.24) is 9.44 Å². The highest BCUT2D eigenvalue weighted by Gasteiger charge is 2.15. The lowest BCUT2D eigenvalue weighted by Crippen LogP contribution is -2.39. The van der Waals surface area contributed by atoms with E-state index in [4.69, 9.17) is 5.11 Å². The number of methoxy groups -OCH3 is 1. The van der Waals surface area contributed by atoms with Crippen LogP contribution in [0.1, 0.15) is 11.1 Å². The molecule has 21 heavy (non-hydrogen) atoms. The molecule has 3 N–H and O–H groups in total. The normalized spacial score (nSPS) is 10.4. The van der Waals surface area contributed by atoms with Crippen LogP contribution in [0.15, 0.2) is 18.2 Å². The third kappa shape index (κ3) is 5.78. The Labute approximate surface area is 121 Å². The van der Waals surface area contributed by atoms with Crippen molar-refractivity contribution in [2.75, 3.05) is 13.7 Å². The summed E-state index contributed by atoms with van der Waals surface area (Å²) in [5, 5.41) is 8.58. The van der Waals surface area contributed by atoms with Gasteiger partial charge in [0, 0.05) is 17.7 Å². The second-order valence-corrected chi connectivity index (χ2v) is 5.18. The molecule has 1 aromatic rings. The standard InChI is InChI=1S/C12H13FN2O5S/c1-20-12(17)15-21(18,19)14-8-10-7-9(3-2-6-16)4-5-11(10)13/h4-5,7,14,16H,6,8H2,1H3,(H,15,17). The number of rotatable bonds is 4. The molecule has 0 unspecified atom stereocenters. The maximum atomic E-state index is 13.6. The molecule has 0 bridgehead atoms. The van der Waals surface area contributed by atoms with Crippen molar-refractivity contribution >= 4 is 16.3 Å². The summed E-state index contributed by atoms with van der Waals surface area (Å²) in [7, 11) is -3.15. The SMILES string of the molecule is COC(=O)NS(=O)(=O)NCc1cc(C#CCO)ccc1F. The Morgan fingerprint density at radius 2 is 2.19 bits per heavy atom. The number of aliphatic hydroxyl groups excluding tert-OH is 1. The number of hydrogen-bond acceptors (Lipinski definition) is 5. The van der Waals surface area contributed by atoms with Gasteiger partial charge in [-0.1, -0.05) is 11.8 Å². The van der Waals surface area contributed by atoms with Crippen LogP contribution in [0.2, 0.25) is 0 Å². The predicted octanol–water partition coefficient (Wildman–Crippen LogP) is -0.140. The molecule has 0 atom stereocenters. The Morgan fingerprint density at radius 1 is 1.48 bits per heavy atom. The zero-order chi connectivity index (χ0) is 15.9. The summed E-state index contributed by atoms with van der Waals surface area (Å²) in [6.07, 6.45) is -1.16. The molecule has 0 aromatic heterocycles. The van der Waals surface area contributed by atoms with Crippen molar-refractivity contribution in [2.45, 2.75) is 6.54 Å². The number of ether oxygens (including phenoxy) is 1. The van der Waals surface area contributed by atoms with Crippen LogP contribution < -0.4 is 9.44 Å². The minimum Gasteiger partial charge on any atom is -0.452 e. The zero-order valence-electron chi connectivity index (χ0n) is 11.0. The molecule has 0 aliphatic heterocycles. The second-order valence-electron chi connectivity index (χ2n) is 3.68. The van der Waals surface area contributed by atoms with Gasteiger partial charge in [-0.25, -0.2) is 13.9 Å². The maximum absolute atomic E-state index is 13.6. The number of halogens is 1. The molecule has 0 spiro atoms. The molecule has 0 aliphatic rings. The van der Waals surface area contributed by atoms with E-state index < -0.39 is 22.1 Å². The van der Waals surface area contributed by atoms with Crippen molar-refractivity contribution in [3.8, 4) is 11.8 Å². The van der Waals surface area contributed by atoms with Gasteiger partial charge in [-0.3, -0.25) is 0 Å². The number of amides is 1. The molecular formula is C12H13FN2O5S. The molecule has 7 nitrogen and oxygen atoms in total. The summed E-state index contributed by atoms with van der Waals surface area (Å²) >= 11 is 0. The number of aliphatic hydroxyl groups is 1. The fourth-order valence-corrected chi connectivity index (χ4v) is 2.01. The first-order valence-electron chi connectivity index (χ1n) is 5.61. The van der Waals surface area contributed by atoms with Crippen LogP contribution >= 0.6 is 0 Å². The Morgan fingerprint density at radius 3 is 2.81 bits per heavy atom. The van der Waals surface area contributed by atoms with Crippen LogP contribution in [0.5, 0.6) is 0 Å². The fourth-order valence-electron chi connectivity index (χ4n) is 1.29. The predicted molar refractivity (Wildman–Crippen MR) is 71.7 cm³/mol. The van der Waals surface area contributed by atoms with Gasteiger partial charge in [-0.2, -0.15) is 13.1 Å². The van der Waals surface area contributed by atoms with Gasteiger partial charge in [0.25, 0.3) is 0 Å². The van der Waals surface area contributed by atoms with Crippen molar-refractivity contribution in [2.24, 2.45) is 0 Å². The number of nitrogens with one attached hydrogen (secondary N) is 2. The maximum Gasteiger partial charge on any atom is 0.421 e. The Bertz CT molecular complexity index is 679. The average molecular weight is 316 g/mol. The van der Waals surface area contributed by atoms with Gasteiger partial charge in [0.1, 0.15) is 12.4 Å². The average Bonchev–Trinajstić information content (AvgIpc) is 2.44. The monoisotopic (exact) mass is 316 g/mol. The highest BCUT2D eigenvalue weighted by Crippen LogP contribution is 2.10. The van der Waals surface area contributed by atoms with Gasteiger partial charge >= 0.3 is 16.3 Å². The topological polar surface area (TPSA) is 105 Å². The summed E-state index contributed by atoms with van der Waals surface area (Å²) in [6, 6.07) is 3.85. The van der Waals surface area contributed by atoms with E-state index in [1.165, 1.54) is 12.1 Å². The number of benzene rings is 1. The lowest BCUT2D eigenvalue weighted by atomic mass is 10.1. The molecule has 1 aromatic carbocycles. The highest BCUT2D eigenvalue weighted by molar-refractivity contribution is 7.88. The zero-order valence-corrected chi connectivity index (χ0v) is 11.8. The minimum atomic E-state index is -4.15. The summed E-state index contributed by atoms with van der Waals surface area (Å²) < 4.78 is 44.1. The van der Waals surface area contributed by atoms with E-state index in [0.717, 1.165) is 13.2 Å². The third-order valence-electron chi connectivity index (χ3n) is 2.21. The van der Waals surface area contributed by atoms with Crippen molar-refractivity contribution in [3.63, 3.8) is 0 Å². The van der Waals surface area contributed by atoms with Crippen LogP contribution in [0.25, 0.3) is 0 Å². The van der Waals surface area contributed by atoms with E-state index in [9.17, 15) is 17.6 Å². The number of hydrogen-bond donors (Lipinski definition) is 3. The summed E-state index contributed by atoms with van der Waals surface area (Å²) in [4.78, 5) is 10.8. The largest absolute Gasteiger partial charge is 0.452 e. The van der Waals surface area contributed by atoms with Crippen LogP contribution in [0, 0.1) is 17.7 Å². The summed E-state index contributed by atoms with van der Waals surface area (Å²) in [6.45, 7) is -0.727. The molecule has 0 saturated heterocycles. The molecule has 114 valence electrons. The quantitative estimate of drug-likeness (QED) is 0.671. The fraction of sp³-hybridized carbons (Fsp3) is 0.250. The van der Waals surface area contributed by atoms with Crippen molar-refractivity contribution in [3.05, 3.63) is 35.1 Å². The lowest BCUT2D eigenvalue weighted by Gasteiger charge is -2.08. The van der Waals surface area contributed by atoms with E-state index in [1.54, 1.807) is 4.72 Å². The van der Waals surface area contributed by atoms with Gasteiger partial charge in [0.05, 0.1) is 7.11 Å². The minimum absolute atomic E-state index is 0.0370. The van der Waals surface area contributed by atoms with Gasteiger partial charge in [0.15, 0.2) is 0 Å². The number of carbonyl (C=O) groups is 1. The summed E-state index contributed by atoms with van der Waals surface area (Å²) in [5.41, 5.74) is 0.454. The Balaban J connectivity index is 2.81. The van der Waals surface area contributed by atoms with E-state index in [2.05, 4.69) is 16.6 Å². The second kappa shape index (κ2) is 7.58. The molecule has 9 heteroatoms. The Hall–Kier alpha value is -2.15. The van der Waals surface area contributed by atoms with Gasteiger partial charge in [0.2, 0.25) is 0 Å². The highest BCUT2D eigenvalue weighted by atomic mass is 32.2. The van der Waals surface area contributed by atoms with E-state index in [-0.39, 0.29) is 18.7 Å². The number of carbonyl (C=O) groups excluding carboxylic acids is 1. The van der Waals surface area contributed by atoms with E-state index in [1.807, 2.05) is 4.72 Å². The van der Waals surface area contributed by atoms with E-state index in [0.29, 0.717) is 5.56 Å². The van der Waals surface area contributed by atoms with Crippen LogP contribution in [0.3, 0.4) is 0 Å². The van der Waals surface area contributed by atoms with Crippen LogP contribution in [-0.4, -0.2) is 33.3 Å². The lowest BCUT2D eigenvalue weighted by molar-refractivity contribution is 0.177. The Kier molecular flexibility index (Phi) is 6.10. The first-order valence-corrected chi connectivity index (χ1v) is 7.10. The first-order chi connectivity index (χ1) is 9.88. The molecule has 0 fully saturated rings. The molecular weight excluding hydrogens is 303 g/mol. The molecule has 0 heterocycles. The molecule has 1 rings (SSSR count). The molecule has 0 radical (unpaired) electrons. The summed E-state index contributed by atoms with van der Waals surface area (Å²) in [5.74, 6) is 4.32. The van der Waals surface area contributed by atoms with E-state index >= 15 is 0 Å². The molecule has 1 amide bonds. The first kappa shape index (κ1) is 16.9. The van der Waals surface area contributed by atoms with Crippen molar-refractivity contribution in [1.29, 1.82) is 0 Å². The molecule has 0 saturated carbocycles. The van der Waals surface area contributed by atoms with Gasteiger partial charge < -0.3 is 9.84 Å². The van der Waals surface area contributed by atoms with Crippen LogP contribution in [-0.2, 0) is 21.5 Å². The smallest absolute Gasteiger partial charge is 0.421 e.